The molecule has 2 rings (SSSR count). The average Bonchev–Trinajstić information content (AvgIpc) is 2.54. The van der Waals surface area contributed by atoms with Crippen LogP contribution in [0.2, 0.25) is 0 Å². The van der Waals surface area contributed by atoms with Crippen LogP contribution in [0.1, 0.15) is 30.0 Å². The molecule has 0 spiro atoms. The lowest BCUT2D eigenvalue weighted by Crippen LogP contribution is -2.27. The molecule has 5 nitrogen and oxygen atoms in total. The molecule has 1 saturated heterocycles. The van der Waals surface area contributed by atoms with Gasteiger partial charge in [0.15, 0.2) is 5.03 Å². The summed E-state index contributed by atoms with van der Waals surface area (Å²) in [6, 6.07) is 0. The number of hydrogen-bond donors (Lipinski definition) is 1. The Morgan fingerprint density at radius 1 is 1.41 bits per heavy atom. The highest BCUT2D eigenvalue weighted by Crippen LogP contribution is 2.34. The second kappa shape index (κ2) is 4.59. The van der Waals surface area contributed by atoms with E-state index in [0.717, 1.165) is 37.2 Å². The van der Waals surface area contributed by atoms with Crippen LogP contribution in [0.4, 0.5) is 0 Å². The van der Waals surface area contributed by atoms with Crippen LogP contribution >= 0.6 is 10.7 Å². The molecule has 1 fully saturated rings. The summed E-state index contributed by atoms with van der Waals surface area (Å²) < 4.78 is 24.6. The van der Waals surface area contributed by atoms with Crippen molar-refractivity contribution in [2.24, 2.45) is 7.05 Å². The van der Waals surface area contributed by atoms with E-state index in [1.165, 1.54) is 4.68 Å². The van der Waals surface area contributed by atoms with E-state index in [1.54, 1.807) is 7.05 Å². The fourth-order valence-electron chi connectivity index (χ4n) is 2.52. The number of aryl methyl sites for hydroxylation is 2. The van der Waals surface area contributed by atoms with Crippen LogP contribution in [-0.4, -0.2) is 31.3 Å². The third kappa shape index (κ3) is 2.48. The van der Waals surface area contributed by atoms with E-state index in [4.69, 9.17) is 10.7 Å². The van der Waals surface area contributed by atoms with Gasteiger partial charge in [0.1, 0.15) is 0 Å². The number of aromatic nitrogens is 2. The third-order valence-electron chi connectivity index (χ3n) is 3.19. The van der Waals surface area contributed by atoms with Gasteiger partial charge < -0.3 is 5.32 Å². The monoisotopic (exact) mass is 277 g/mol. The molecule has 0 unspecified atom stereocenters. The number of nitrogens with one attached hydrogen (secondary N) is 1. The SMILES string of the molecule is Cc1nn(C)c(S(=O)(=O)Cl)c1C1CCNCC1. The number of rotatable bonds is 2. The van der Waals surface area contributed by atoms with Crippen molar-refractivity contribution >= 4 is 19.7 Å². The summed E-state index contributed by atoms with van der Waals surface area (Å²) in [4.78, 5) is 0. The Morgan fingerprint density at radius 2 is 2.00 bits per heavy atom. The van der Waals surface area contributed by atoms with Gasteiger partial charge in [-0.25, -0.2) is 8.42 Å². The number of piperidine rings is 1. The Hall–Kier alpha value is -0.590. The van der Waals surface area contributed by atoms with Gasteiger partial charge in [-0.3, -0.25) is 4.68 Å². The standard InChI is InChI=1S/C10H16ClN3O2S/c1-7-9(8-3-5-12-6-4-8)10(14(2)13-7)17(11,15)16/h8,12H,3-6H2,1-2H3. The summed E-state index contributed by atoms with van der Waals surface area (Å²) in [5, 5.41) is 7.60. The molecular weight excluding hydrogens is 262 g/mol. The highest BCUT2D eigenvalue weighted by atomic mass is 35.7. The highest BCUT2D eigenvalue weighted by Gasteiger charge is 2.29. The minimum atomic E-state index is -3.74. The van der Waals surface area contributed by atoms with Gasteiger partial charge >= 0.3 is 0 Å². The highest BCUT2D eigenvalue weighted by molar-refractivity contribution is 8.13. The Labute approximate surface area is 106 Å². The van der Waals surface area contributed by atoms with E-state index < -0.39 is 9.05 Å². The Morgan fingerprint density at radius 3 is 2.53 bits per heavy atom. The van der Waals surface area contributed by atoms with Crippen LogP contribution in [-0.2, 0) is 16.1 Å². The summed E-state index contributed by atoms with van der Waals surface area (Å²) in [6.45, 7) is 3.64. The van der Waals surface area contributed by atoms with Crippen LogP contribution in [0, 0.1) is 6.92 Å². The molecule has 0 aromatic carbocycles. The Balaban J connectivity index is 2.52. The first-order valence-corrected chi connectivity index (χ1v) is 7.91. The first kappa shape index (κ1) is 12.9. The molecule has 96 valence electrons. The van der Waals surface area contributed by atoms with E-state index in [2.05, 4.69) is 10.4 Å². The van der Waals surface area contributed by atoms with Gasteiger partial charge in [0.05, 0.1) is 5.69 Å². The molecular formula is C10H16ClN3O2S. The molecule has 7 heteroatoms. The molecule has 0 saturated carbocycles. The van der Waals surface area contributed by atoms with Crippen molar-refractivity contribution in [2.75, 3.05) is 13.1 Å². The molecule has 0 aliphatic carbocycles. The van der Waals surface area contributed by atoms with Crippen molar-refractivity contribution < 1.29 is 8.42 Å². The topological polar surface area (TPSA) is 64.0 Å². The molecule has 1 aliphatic heterocycles. The van der Waals surface area contributed by atoms with Crippen molar-refractivity contribution in [3.63, 3.8) is 0 Å². The predicted molar refractivity (Wildman–Crippen MR) is 65.8 cm³/mol. The summed E-state index contributed by atoms with van der Waals surface area (Å²) in [6.07, 6.45) is 1.85. The van der Waals surface area contributed by atoms with Crippen molar-refractivity contribution in [2.45, 2.75) is 30.7 Å². The van der Waals surface area contributed by atoms with Crippen LogP contribution in [0.25, 0.3) is 0 Å². The van der Waals surface area contributed by atoms with Gasteiger partial charge in [-0.15, -0.1) is 0 Å². The van der Waals surface area contributed by atoms with Crippen molar-refractivity contribution in [1.82, 2.24) is 15.1 Å². The van der Waals surface area contributed by atoms with E-state index in [-0.39, 0.29) is 10.9 Å². The van der Waals surface area contributed by atoms with Gasteiger partial charge in [0.25, 0.3) is 9.05 Å². The van der Waals surface area contributed by atoms with Crippen LogP contribution < -0.4 is 5.32 Å². The molecule has 1 aliphatic rings. The number of hydrogen-bond acceptors (Lipinski definition) is 4. The van der Waals surface area contributed by atoms with Crippen LogP contribution in [0.3, 0.4) is 0 Å². The average molecular weight is 278 g/mol. The van der Waals surface area contributed by atoms with E-state index in [0.29, 0.717) is 0 Å². The fourth-order valence-corrected chi connectivity index (χ4v) is 4.01. The lowest BCUT2D eigenvalue weighted by atomic mass is 9.91. The van der Waals surface area contributed by atoms with E-state index in [1.807, 2.05) is 6.92 Å². The maximum absolute atomic E-state index is 11.6. The number of nitrogens with zero attached hydrogens (tertiary/aromatic N) is 2. The first-order valence-electron chi connectivity index (χ1n) is 5.60. The molecule has 0 atom stereocenters. The fraction of sp³-hybridized carbons (Fsp3) is 0.700. The normalized spacial score (nSPS) is 18.5. The third-order valence-corrected chi connectivity index (χ3v) is 4.58. The van der Waals surface area contributed by atoms with Crippen molar-refractivity contribution in [3.05, 3.63) is 11.3 Å². The van der Waals surface area contributed by atoms with Crippen molar-refractivity contribution in [1.29, 1.82) is 0 Å². The zero-order valence-electron chi connectivity index (χ0n) is 9.90. The zero-order chi connectivity index (χ0) is 12.6. The lowest BCUT2D eigenvalue weighted by molar-refractivity contribution is 0.452. The van der Waals surface area contributed by atoms with Gasteiger partial charge in [0, 0.05) is 23.3 Å². The number of halogens is 1. The minimum absolute atomic E-state index is 0.156. The summed E-state index contributed by atoms with van der Waals surface area (Å²) in [5.41, 5.74) is 1.56. The van der Waals surface area contributed by atoms with Gasteiger partial charge in [-0.05, 0) is 38.8 Å². The van der Waals surface area contributed by atoms with E-state index in [9.17, 15) is 8.42 Å². The molecule has 0 bridgehead atoms. The second-order valence-corrected chi connectivity index (χ2v) is 6.87. The molecule has 2 heterocycles. The molecule has 17 heavy (non-hydrogen) atoms. The maximum Gasteiger partial charge on any atom is 0.278 e. The summed E-state index contributed by atoms with van der Waals surface area (Å²) >= 11 is 0. The smallest absolute Gasteiger partial charge is 0.278 e. The second-order valence-electron chi connectivity index (χ2n) is 4.39. The minimum Gasteiger partial charge on any atom is -0.317 e. The molecule has 1 N–H and O–H groups in total. The lowest BCUT2D eigenvalue weighted by Gasteiger charge is -2.23. The van der Waals surface area contributed by atoms with Crippen molar-refractivity contribution in [3.8, 4) is 0 Å². The molecule has 0 radical (unpaired) electrons. The Bertz CT molecular complexity index is 518. The quantitative estimate of drug-likeness (QED) is 0.823. The van der Waals surface area contributed by atoms with Gasteiger partial charge in [-0.1, -0.05) is 0 Å². The summed E-state index contributed by atoms with van der Waals surface area (Å²) in [5.74, 6) is 0.230. The van der Waals surface area contributed by atoms with Gasteiger partial charge in [0.2, 0.25) is 0 Å². The van der Waals surface area contributed by atoms with Crippen LogP contribution in [0.5, 0.6) is 0 Å². The van der Waals surface area contributed by atoms with Crippen LogP contribution in [0.15, 0.2) is 5.03 Å². The zero-order valence-corrected chi connectivity index (χ0v) is 11.5. The maximum atomic E-state index is 11.6. The largest absolute Gasteiger partial charge is 0.317 e. The Kier molecular flexibility index (Phi) is 3.47. The molecule has 1 aromatic heterocycles. The molecule has 0 amide bonds. The van der Waals surface area contributed by atoms with E-state index >= 15 is 0 Å². The summed E-state index contributed by atoms with van der Waals surface area (Å²) in [7, 11) is 3.37. The predicted octanol–water partition coefficient (Wildman–Crippen LogP) is 1.12. The first-order chi connectivity index (χ1) is 7.91. The van der Waals surface area contributed by atoms with Gasteiger partial charge in [-0.2, -0.15) is 5.10 Å². The molecule has 1 aromatic rings.